The molecule has 0 saturated heterocycles. The van der Waals surface area contributed by atoms with Crippen molar-refractivity contribution in [3.05, 3.63) is 0 Å². The van der Waals surface area contributed by atoms with Gasteiger partial charge in [-0.15, -0.1) is 0 Å². The highest BCUT2D eigenvalue weighted by molar-refractivity contribution is 5.81. The number of carbonyl (C=O) groups excluding carboxylic acids is 1. The first-order valence-electron chi connectivity index (χ1n) is 4.91. The molecule has 0 rings (SSSR count). The van der Waals surface area contributed by atoms with Crippen LogP contribution >= 0.6 is 0 Å². The summed E-state index contributed by atoms with van der Waals surface area (Å²) in [6.45, 7) is 7.37. The third-order valence-electron chi connectivity index (χ3n) is 2.25. The summed E-state index contributed by atoms with van der Waals surface area (Å²) in [5.41, 5.74) is 5.15. The fourth-order valence-corrected chi connectivity index (χ4v) is 1.42. The van der Waals surface area contributed by atoms with Crippen molar-refractivity contribution in [3.8, 4) is 0 Å². The monoisotopic (exact) mass is 186 g/mol. The van der Waals surface area contributed by atoms with Crippen LogP contribution in [0.5, 0.6) is 0 Å². The molecule has 2 N–H and O–H groups in total. The molecule has 3 nitrogen and oxygen atoms in total. The molecule has 0 heterocycles. The molecule has 0 atom stereocenters. The zero-order valence-electron chi connectivity index (χ0n) is 9.26. The lowest BCUT2D eigenvalue weighted by Gasteiger charge is -2.28. The number of rotatable bonds is 5. The largest absolute Gasteiger partial charge is 0.345 e. The predicted octanol–water partition coefficient (Wildman–Crippen LogP) is 1.23. The number of nitrogens with two attached hydrogens (primary N) is 1. The Hall–Kier alpha value is -0.570. The Morgan fingerprint density at radius 3 is 2.38 bits per heavy atom. The molecule has 13 heavy (non-hydrogen) atoms. The van der Waals surface area contributed by atoms with E-state index in [1.54, 1.807) is 4.90 Å². The van der Waals surface area contributed by atoms with E-state index in [4.69, 9.17) is 5.73 Å². The van der Waals surface area contributed by atoms with E-state index < -0.39 is 0 Å². The lowest BCUT2D eigenvalue weighted by atomic mass is 9.88. The summed E-state index contributed by atoms with van der Waals surface area (Å²) in [5, 5.41) is 0. The first-order chi connectivity index (χ1) is 5.95. The van der Waals surface area contributed by atoms with E-state index in [2.05, 4.69) is 6.92 Å². The molecule has 1 amide bonds. The second-order valence-electron chi connectivity index (χ2n) is 4.15. The van der Waals surface area contributed by atoms with Gasteiger partial charge in [-0.05, 0) is 19.4 Å². The van der Waals surface area contributed by atoms with Crippen LogP contribution in [0, 0.1) is 5.41 Å². The average molecular weight is 186 g/mol. The van der Waals surface area contributed by atoms with Gasteiger partial charge in [0.25, 0.3) is 0 Å². The van der Waals surface area contributed by atoms with Gasteiger partial charge in [0.15, 0.2) is 0 Å². The molecule has 0 aliphatic rings. The summed E-state index contributed by atoms with van der Waals surface area (Å²) in [4.78, 5) is 13.6. The second kappa shape index (κ2) is 5.22. The van der Waals surface area contributed by atoms with Gasteiger partial charge in [-0.3, -0.25) is 4.79 Å². The molecule has 78 valence electrons. The maximum Gasteiger partial charge on any atom is 0.228 e. The number of hydrogen-bond acceptors (Lipinski definition) is 2. The van der Waals surface area contributed by atoms with Gasteiger partial charge in [0.05, 0.1) is 0 Å². The van der Waals surface area contributed by atoms with Crippen LogP contribution in [0.25, 0.3) is 0 Å². The van der Waals surface area contributed by atoms with E-state index in [9.17, 15) is 4.79 Å². The van der Waals surface area contributed by atoms with Crippen LogP contribution < -0.4 is 5.73 Å². The van der Waals surface area contributed by atoms with Gasteiger partial charge in [-0.2, -0.15) is 0 Å². The fraction of sp³-hybridized carbons (Fsp3) is 0.900. The van der Waals surface area contributed by atoms with E-state index in [0.717, 1.165) is 19.4 Å². The molecule has 0 aliphatic heterocycles. The van der Waals surface area contributed by atoms with Gasteiger partial charge >= 0.3 is 0 Å². The van der Waals surface area contributed by atoms with Gasteiger partial charge in [0.1, 0.15) is 0 Å². The molecule has 3 heteroatoms. The summed E-state index contributed by atoms with van der Waals surface area (Å²) < 4.78 is 0. The van der Waals surface area contributed by atoms with Gasteiger partial charge in [0.2, 0.25) is 5.91 Å². The first-order valence-corrected chi connectivity index (χ1v) is 4.91. The Labute approximate surface area is 81.3 Å². The molecule has 0 aromatic carbocycles. The van der Waals surface area contributed by atoms with Crippen molar-refractivity contribution >= 4 is 5.91 Å². The lowest BCUT2D eigenvalue weighted by molar-refractivity contribution is -0.139. The van der Waals surface area contributed by atoms with Crippen LogP contribution in [-0.4, -0.2) is 30.9 Å². The number of carbonyl (C=O) groups is 1. The van der Waals surface area contributed by atoms with Crippen molar-refractivity contribution in [2.75, 3.05) is 20.1 Å². The minimum absolute atomic E-state index is 0.194. The van der Waals surface area contributed by atoms with Crippen LogP contribution in [-0.2, 0) is 4.79 Å². The van der Waals surface area contributed by atoms with E-state index in [-0.39, 0.29) is 11.3 Å². The molecule has 0 saturated carbocycles. The zero-order chi connectivity index (χ0) is 10.5. The van der Waals surface area contributed by atoms with Crippen molar-refractivity contribution in [3.63, 3.8) is 0 Å². The standard InChI is InChI=1S/C10H22N2O/c1-5-8-12(4)9(13)10(2,3)6-7-11/h5-8,11H2,1-4H3. The number of amides is 1. The second-order valence-corrected chi connectivity index (χ2v) is 4.15. The number of nitrogens with zero attached hydrogens (tertiary/aromatic N) is 1. The molecule has 0 bridgehead atoms. The summed E-state index contributed by atoms with van der Waals surface area (Å²) >= 11 is 0. The van der Waals surface area contributed by atoms with E-state index in [1.807, 2.05) is 20.9 Å². The molecule has 0 radical (unpaired) electrons. The third kappa shape index (κ3) is 3.77. The van der Waals surface area contributed by atoms with Crippen molar-refractivity contribution in [1.82, 2.24) is 4.90 Å². The van der Waals surface area contributed by atoms with Gasteiger partial charge < -0.3 is 10.6 Å². The lowest BCUT2D eigenvalue weighted by Crippen LogP contribution is -2.39. The van der Waals surface area contributed by atoms with Gasteiger partial charge in [-0.25, -0.2) is 0 Å². The summed E-state index contributed by atoms with van der Waals surface area (Å²) in [6.07, 6.45) is 1.75. The van der Waals surface area contributed by atoms with E-state index in [0.29, 0.717) is 6.54 Å². The van der Waals surface area contributed by atoms with Crippen molar-refractivity contribution in [2.24, 2.45) is 11.1 Å². The molecule has 0 fully saturated rings. The zero-order valence-corrected chi connectivity index (χ0v) is 9.26. The van der Waals surface area contributed by atoms with Crippen LogP contribution in [0.1, 0.15) is 33.6 Å². The molecule has 0 aromatic rings. The van der Waals surface area contributed by atoms with E-state index in [1.165, 1.54) is 0 Å². The normalized spacial score (nSPS) is 11.5. The van der Waals surface area contributed by atoms with Crippen molar-refractivity contribution in [1.29, 1.82) is 0 Å². The molecule has 0 spiro atoms. The highest BCUT2D eigenvalue weighted by atomic mass is 16.2. The summed E-state index contributed by atoms with van der Waals surface area (Å²) in [6, 6.07) is 0. The summed E-state index contributed by atoms with van der Waals surface area (Å²) in [7, 11) is 1.85. The quantitative estimate of drug-likeness (QED) is 0.702. The van der Waals surface area contributed by atoms with E-state index >= 15 is 0 Å². The smallest absolute Gasteiger partial charge is 0.228 e. The van der Waals surface area contributed by atoms with Crippen LogP contribution in [0.2, 0.25) is 0 Å². The highest BCUT2D eigenvalue weighted by Gasteiger charge is 2.28. The molecule has 0 unspecified atom stereocenters. The Morgan fingerprint density at radius 2 is 2.00 bits per heavy atom. The Morgan fingerprint density at radius 1 is 1.46 bits per heavy atom. The molecule has 0 aliphatic carbocycles. The maximum atomic E-state index is 11.8. The Bertz CT molecular complexity index is 166. The maximum absolute atomic E-state index is 11.8. The summed E-state index contributed by atoms with van der Waals surface area (Å²) in [5.74, 6) is 0.194. The first kappa shape index (κ1) is 12.4. The van der Waals surface area contributed by atoms with Gasteiger partial charge in [0, 0.05) is 19.0 Å². The van der Waals surface area contributed by atoms with Crippen molar-refractivity contribution in [2.45, 2.75) is 33.6 Å². The minimum Gasteiger partial charge on any atom is -0.345 e. The topological polar surface area (TPSA) is 46.3 Å². The van der Waals surface area contributed by atoms with Gasteiger partial charge in [-0.1, -0.05) is 20.8 Å². The SMILES string of the molecule is CCCN(C)C(=O)C(C)(C)CCN. The van der Waals surface area contributed by atoms with Crippen molar-refractivity contribution < 1.29 is 4.79 Å². The van der Waals surface area contributed by atoms with Crippen LogP contribution in [0.15, 0.2) is 0 Å². The number of hydrogen-bond donors (Lipinski definition) is 1. The molecular weight excluding hydrogens is 164 g/mol. The molecule has 0 aromatic heterocycles. The highest BCUT2D eigenvalue weighted by Crippen LogP contribution is 2.22. The average Bonchev–Trinajstić information content (AvgIpc) is 2.03. The minimum atomic E-state index is -0.307. The molecular formula is C10H22N2O. The van der Waals surface area contributed by atoms with Crippen LogP contribution in [0.4, 0.5) is 0 Å². The Balaban J connectivity index is 4.21. The predicted molar refractivity (Wildman–Crippen MR) is 55.4 cm³/mol. The fourth-order valence-electron chi connectivity index (χ4n) is 1.42. The van der Waals surface area contributed by atoms with Crippen LogP contribution in [0.3, 0.4) is 0 Å². The third-order valence-corrected chi connectivity index (χ3v) is 2.25. The Kier molecular flexibility index (Phi) is 4.99.